The van der Waals surface area contributed by atoms with Gasteiger partial charge in [0.1, 0.15) is 6.61 Å². The van der Waals surface area contributed by atoms with Gasteiger partial charge in [0, 0.05) is 11.8 Å². The van der Waals surface area contributed by atoms with Crippen molar-refractivity contribution in [2.75, 3.05) is 13.1 Å². The second-order valence-electron chi connectivity index (χ2n) is 5.32. The Balaban J connectivity index is 0.00000161. The Kier molecular flexibility index (Phi) is 5.65. The van der Waals surface area contributed by atoms with E-state index in [9.17, 15) is 0 Å². The maximum absolute atomic E-state index is 5.80. The van der Waals surface area contributed by atoms with E-state index in [1.54, 1.807) is 0 Å². The Morgan fingerprint density at radius 1 is 1.24 bits per heavy atom. The zero-order valence-corrected chi connectivity index (χ0v) is 13.1. The number of rotatable bonds is 4. The van der Waals surface area contributed by atoms with E-state index in [4.69, 9.17) is 4.74 Å². The summed E-state index contributed by atoms with van der Waals surface area (Å²) >= 11 is 0. The minimum absolute atomic E-state index is 0. The lowest BCUT2D eigenvalue weighted by molar-refractivity contribution is 0.278. The first-order chi connectivity index (χ1) is 9.83. The lowest BCUT2D eigenvalue weighted by Crippen LogP contribution is -2.30. The third kappa shape index (κ3) is 3.99. The first-order valence-electron chi connectivity index (χ1n) is 7.26. The van der Waals surface area contributed by atoms with Crippen LogP contribution in [0.2, 0.25) is 0 Å². The van der Waals surface area contributed by atoms with E-state index in [0.29, 0.717) is 12.6 Å². The number of piperidine rings is 1. The molecule has 0 unspecified atom stereocenters. The SMILES string of the molecule is Cc1cc(OCc2ccccc2)nn1C1CCNCC1.Cl. The normalized spacial score (nSPS) is 15.5. The van der Waals surface area contributed by atoms with Crippen LogP contribution >= 0.6 is 12.4 Å². The molecular formula is C16H22ClN3O. The standard InChI is InChI=1S/C16H21N3O.ClH/c1-13-11-16(20-12-14-5-3-2-4-6-14)18-19(13)15-7-9-17-10-8-15;/h2-6,11,15,17H,7-10,12H2,1H3;1H. The first kappa shape index (κ1) is 15.9. The molecule has 0 atom stereocenters. The van der Waals surface area contributed by atoms with E-state index >= 15 is 0 Å². The second kappa shape index (κ2) is 7.48. The summed E-state index contributed by atoms with van der Waals surface area (Å²) in [5.74, 6) is 0.727. The Morgan fingerprint density at radius 3 is 2.67 bits per heavy atom. The van der Waals surface area contributed by atoms with Crippen LogP contribution in [-0.4, -0.2) is 22.9 Å². The molecule has 1 aliphatic rings. The average molecular weight is 308 g/mol. The van der Waals surface area contributed by atoms with Crippen LogP contribution in [0.5, 0.6) is 5.88 Å². The summed E-state index contributed by atoms with van der Waals surface area (Å²) in [7, 11) is 0. The molecule has 1 aliphatic heterocycles. The Labute approximate surface area is 131 Å². The summed E-state index contributed by atoms with van der Waals surface area (Å²) < 4.78 is 7.92. The molecule has 0 spiro atoms. The molecule has 21 heavy (non-hydrogen) atoms. The van der Waals surface area contributed by atoms with Gasteiger partial charge in [-0.1, -0.05) is 30.3 Å². The lowest BCUT2D eigenvalue weighted by Gasteiger charge is -2.23. The molecule has 4 nitrogen and oxygen atoms in total. The van der Waals surface area contributed by atoms with Crippen molar-refractivity contribution in [2.45, 2.75) is 32.4 Å². The van der Waals surface area contributed by atoms with Crippen LogP contribution in [0.3, 0.4) is 0 Å². The molecule has 0 amide bonds. The van der Waals surface area contributed by atoms with Gasteiger partial charge < -0.3 is 10.1 Å². The van der Waals surface area contributed by atoms with Crippen molar-refractivity contribution < 1.29 is 4.74 Å². The van der Waals surface area contributed by atoms with Crippen molar-refractivity contribution in [1.82, 2.24) is 15.1 Å². The van der Waals surface area contributed by atoms with E-state index < -0.39 is 0 Å². The summed E-state index contributed by atoms with van der Waals surface area (Å²) in [5.41, 5.74) is 2.35. The Morgan fingerprint density at radius 2 is 1.95 bits per heavy atom. The van der Waals surface area contributed by atoms with E-state index in [2.05, 4.69) is 34.2 Å². The maximum Gasteiger partial charge on any atom is 0.233 e. The molecule has 1 aromatic carbocycles. The highest BCUT2D eigenvalue weighted by atomic mass is 35.5. The molecular weight excluding hydrogens is 286 g/mol. The zero-order chi connectivity index (χ0) is 13.8. The fourth-order valence-electron chi connectivity index (χ4n) is 2.68. The number of ether oxygens (including phenoxy) is 1. The molecule has 0 aliphatic carbocycles. The predicted octanol–water partition coefficient (Wildman–Crippen LogP) is 3.12. The number of nitrogens with zero attached hydrogens (tertiary/aromatic N) is 2. The van der Waals surface area contributed by atoms with E-state index in [1.807, 2.05) is 24.3 Å². The van der Waals surface area contributed by atoms with Gasteiger partial charge in [-0.05, 0) is 38.4 Å². The van der Waals surface area contributed by atoms with Crippen LogP contribution in [-0.2, 0) is 6.61 Å². The van der Waals surface area contributed by atoms with Gasteiger partial charge in [-0.2, -0.15) is 0 Å². The molecule has 1 aromatic heterocycles. The van der Waals surface area contributed by atoms with Crippen LogP contribution in [0.4, 0.5) is 0 Å². The predicted molar refractivity (Wildman–Crippen MR) is 86.1 cm³/mol. The largest absolute Gasteiger partial charge is 0.472 e. The molecule has 2 heterocycles. The van der Waals surface area contributed by atoms with Gasteiger partial charge in [0.25, 0.3) is 0 Å². The Hall–Kier alpha value is -1.52. The van der Waals surface area contributed by atoms with Crippen LogP contribution < -0.4 is 10.1 Å². The summed E-state index contributed by atoms with van der Waals surface area (Å²) in [6.45, 7) is 4.82. The minimum Gasteiger partial charge on any atom is -0.472 e. The lowest BCUT2D eigenvalue weighted by atomic mass is 10.1. The topological polar surface area (TPSA) is 39.1 Å². The van der Waals surface area contributed by atoms with Crippen molar-refractivity contribution >= 4 is 12.4 Å². The van der Waals surface area contributed by atoms with Crippen molar-refractivity contribution in [3.05, 3.63) is 47.7 Å². The molecule has 1 N–H and O–H groups in total. The highest BCUT2D eigenvalue weighted by molar-refractivity contribution is 5.85. The average Bonchev–Trinajstić information content (AvgIpc) is 2.88. The van der Waals surface area contributed by atoms with Gasteiger partial charge in [0.2, 0.25) is 5.88 Å². The number of hydrogen-bond acceptors (Lipinski definition) is 3. The number of nitrogens with one attached hydrogen (secondary N) is 1. The van der Waals surface area contributed by atoms with Gasteiger partial charge in [-0.3, -0.25) is 4.68 Å². The number of hydrogen-bond donors (Lipinski definition) is 1. The first-order valence-corrected chi connectivity index (χ1v) is 7.26. The van der Waals surface area contributed by atoms with Crippen molar-refractivity contribution in [2.24, 2.45) is 0 Å². The zero-order valence-electron chi connectivity index (χ0n) is 12.3. The highest BCUT2D eigenvalue weighted by Gasteiger charge is 2.18. The van der Waals surface area contributed by atoms with Gasteiger partial charge in [-0.15, -0.1) is 17.5 Å². The molecule has 2 aromatic rings. The molecule has 0 bridgehead atoms. The van der Waals surface area contributed by atoms with Crippen molar-refractivity contribution in [3.63, 3.8) is 0 Å². The van der Waals surface area contributed by atoms with Gasteiger partial charge in [-0.25, -0.2) is 0 Å². The van der Waals surface area contributed by atoms with E-state index in [1.165, 1.54) is 11.3 Å². The summed E-state index contributed by atoms with van der Waals surface area (Å²) in [4.78, 5) is 0. The molecule has 0 radical (unpaired) electrons. The molecule has 5 heteroatoms. The van der Waals surface area contributed by atoms with Gasteiger partial charge in [0.15, 0.2) is 0 Å². The number of halogens is 1. The Bertz CT molecular complexity index is 550. The highest BCUT2D eigenvalue weighted by Crippen LogP contribution is 2.23. The quantitative estimate of drug-likeness (QED) is 0.943. The molecule has 1 fully saturated rings. The summed E-state index contributed by atoms with van der Waals surface area (Å²) in [5, 5.41) is 8.00. The smallest absolute Gasteiger partial charge is 0.233 e. The van der Waals surface area contributed by atoms with E-state index in [0.717, 1.165) is 31.8 Å². The third-order valence-electron chi connectivity index (χ3n) is 3.78. The van der Waals surface area contributed by atoms with Gasteiger partial charge >= 0.3 is 0 Å². The monoisotopic (exact) mass is 307 g/mol. The van der Waals surface area contributed by atoms with Crippen molar-refractivity contribution in [1.29, 1.82) is 0 Å². The summed E-state index contributed by atoms with van der Waals surface area (Å²) in [6, 6.07) is 12.7. The second-order valence-corrected chi connectivity index (χ2v) is 5.32. The van der Waals surface area contributed by atoms with E-state index in [-0.39, 0.29) is 12.4 Å². The van der Waals surface area contributed by atoms with Crippen LogP contribution in [0.25, 0.3) is 0 Å². The van der Waals surface area contributed by atoms with Crippen LogP contribution in [0, 0.1) is 6.92 Å². The molecule has 0 saturated carbocycles. The van der Waals surface area contributed by atoms with Crippen LogP contribution in [0.1, 0.15) is 30.1 Å². The molecule has 114 valence electrons. The fraction of sp³-hybridized carbons (Fsp3) is 0.438. The number of benzene rings is 1. The maximum atomic E-state index is 5.80. The summed E-state index contributed by atoms with van der Waals surface area (Å²) in [6.07, 6.45) is 2.28. The number of aryl methyl sites for hydroxylation is 1. The van der Waals surface area contributed by atoms with Gasteiger partial charge in [0.05, 0.1) is 6.04 Å². The number of aromatic nitrogens is 2. The minimum atomic E-state index is 0. The van der Waals surface area contributed by atoms with Crippen molar-refractivity contribution in [3.8, 4) is 5.88 Å². The molecule has 3 rings (SSSR count). The fourth-order valence-corrected chi connectivity index (χ4v) is 2.68. The molecule has 1 saturated heterocycles. The third-order valence-corrected chi connectivity index (χ3v) is 3.78. The van der Waals surface area contributed by atoms with Crippen LogP contribution in [0.15, 0.2) is 36.4 Å².